The monoisotopic (exact) mass is 340 g/mol. The van der Waals surface area contributed by atoms with Gasteiger partial charge in [0.2, 0.25) is 11.8 Å². The zero-order chi connectivity index (χ0) is 17.8. The Kier molecular flexibility index (Phi) is 5.16. The van der Waals surface area contributed by atoms with Crippen LogP contribution in [0.4, 0.5) is 0 Å². The summed E-state index contributed by atoms with van der Waals surface area (Å²) < 4.78 is 1.79. The van der Waals surface area contributed by atoms with Crippen LogP contribution >= 0.6 is 0 Å². The van der Waals surface area contributed by atoms with E-state index in [9.17, 15) is 9.59 Å². The molecule has 1 aliphatic rings. The van der Waals surface area contributed by atoms with E-state index >= 15 is 0 Å². The van der Waals surface area contributed by atoms with E-state index in [-0.39, 0.29) is 23.9 Å². The van der Waals surface area contributed by atoms with E-state index in [0.29, 0.717) is 19.4 Å². The van der Waals surface area contributed by atoms with Gasteiger partial charge in [0.1, 0.15) is 6.04 Å². The molecule has 1 aromatic carbocycles. The van der Waals surface area contributed by atoms with Gasteiger partial charge in [0.25, 0.3) is 0 Å². The van der Waals surface area contributed by atoms with Crippen molar-refractivity contribution in [3.8, 4) is 5.69 Å². The molecule has 3 rings (SSSR count). The number of nitrogens with zero attached hydrogens (tertiary/aromatic N) is 3. The number of benzene rings is 1. The molecule has 0 spiro atoms. The maximum Gasteiger partial charge on any atom is 0.243 e. The first-order valence-electron chi connectivity index (χ1n) is 8.80. The second-order valence-corrected chi connectivity index (χ2v) is 6.39. The Balaban J connectivity index is 1.71. The van der Waals surface area contributed by atoms with Crippen molar-refractivity contribution in [3.63, 3.8) is 0 Å². The second-order valence-electron chi connectivity index (χ2n) is 6.39. The van der Waals surface area contributed by atoms with E-state index in [1.165, 1.54) is 0 Å². The Morgan fingerprint density at radius 3 is 2.84 bits per heavy atom. The van der Waals surface area contributed by atoms with Crippen LogP contribution in [-0.4, -0.2) is 39.1 Å². The lowest BCUT2D eigenvalue weighted by atomic mass is 10.1. The number of likely N-dealkylation sites (tertiary alicyclic amines) is 1. The van der Waals surface area contributed by atoms with Crippen LogP contribution in [0.2, 0.25) is 0 Å². The summed E-state index contributed by atoms with van der Waals surface area (Å²) in [5, 5.41) is 7.29. The van der Waals surface area contributed by atoms with Gasteiger partial charge in [-0.05, 0) is 43.5 Å². The largest absolute Gasteiger partial charge is 0.348 e. The van der Waals surface area contributed by atoms with Gasteiger partial charge in [-0.1, -0.05) is 19.1 Å². The van der Waals surface area contributed by atoms with Crippen LogP contribution in [0.1, 0.15) is 44.7 Å². The summed E-state index contributed by atoms with van der Waals surface area (Å²) in [6, 6.07) is 9.27. The lowest BCUT2D eigenvalue weighted by Crippen LogP contribution is -2.47. The summed E-state index contributed by atoms with van der Waals surface area (Å²) in [4.78, 5) is 26.3. The quantitative estimate of drug-likeness (QED) is 0.878. The molecule has 1 aliphatic heterocycles. The molecule has 25 heavy (non-hydrogen) atoms. The van der Waals surface area contributed by atoms with Crippen molar-refractivity contribution in [2.24, 2.45) is 0 Å². The third-order valence-electron chi connectivity index (χ3n) is 4.67. The number of carbonyl (C=O) groups excluding carboxylic acids is 2. The minimum Gasteiger partial charge on any atom is -0.348 e. The van der Waals surface area contributed by atoms with Crippen molar-refractivity contribution in [2.45, 2.75) is 45.2 Å². The minimum atomic E-state index is -0.383. The van der Waals surface area contributed by atoms with Gasteiger partial charge in [-0.25, -0.2) is 4.68 Å². The first-order valence-corrected chi connectivity index (χ1v) is 8.80. The SMILES string of the molecule is CC[C@@H](C(=O)N[C@@H](C)c1cccc(-n2cccn2)c1)N1CCCC1=O. The zero-order valence-electron chi connectivity index (χ0n) is 14.7. The highest BCUT2D eigenvalue weighted by Gasteiger charge is 2.32. The van der Waals surface area contributed by atoms with Crippen LogP contribution in [0.5, 0.6) is 0 Å². The van der Waals surface area contributed by atoms with Crippen molar-refractivity contribution in [3.05, 3.63) is 48.3 Å². The number of aromatic nitrogens is 2. The molecule has 2 aromatic rings. The van der Waals surface area contributed by atoms with Crippen LogP contribution < -0.4 is 5.32 Å². The van der Waals surface area contributed by atoms with Crippen LogP contribution in [0.3, 0.4) is 0 Å². The fourth-order valence-electron chi connectivity index (χ4n) is 3.30. The van der Waals surface area contributed by atoms with Gasteiger partial charge >= 0.3 is 0 Å². The van der Waals surface area contributed by atoms with E-state index in [4.69, 9.17) is 0 Å². The van der Waals surface area contributed by atoms with E-state index in [2.05, 4.69) is 10.4 Å². The molecule has 1 aromatic heterocycles. The highest BCUT2D eigenvalue weighted by molar-refractivity contribution is 5.88. The van der Waals surface area contributed by atoms with Crippen LogP contribution in [0.25, 0.3) is 5.69 Å². The molecule has 1 saturated heterocycles. The van der Waals surface area contributed by atoms with Crippen molar-refractivity contribution in [2.75, 3.05) is 6.54 Å². The van der Waals surface area contributed by atoms with Crippen LogP contribution in [-0.2, 0) is 9.59 Å². The lowest BCUT2D eigenvalue weighted by molar-refractivity contribution is -0.137. The number of hydrogen-bond donors (Lipinski definition) is 1. The third kappa shape index (κ3) is 3.73. The topological polar surface area (TPSA) is 67.2 Å². The van der Waals surface area contributed by atoms with Gasteiger partial charge < -0.3 is 10.2 Å². The van der Waals surface area contributed by atoms with Gasteiger partial charge in [-0.2, -0.15) is 5.10 Å². The highest BCUT2D eigenvalue weighted by atomic mass is 16.2. The van der Waals surface area contributed by atoms with Gasteiger partial charge in [-0.3, -0.25) is 9.59 Å². The number of nitrogens with one attached hydrogen (secondary N) is 1. The molecule has 0 saturated carbocycles. The summed E-state index contributed by atoms with van der Waals surface area (Å²) in [5.41, 5.74) is 1.95. The molecule has 2 amide bonds. The third-order valence-corrected chi connectivity index (χ3v) is 4.67. The maximum absolute atomic E-state index is 12.7. The van der Waals surface area contributed by atoms with Crippen molar-refractivity contribution in [1.29, 1.82) is 0 Å². The van der Waals surface area contributed by atoms with E-state index in [1.807, 2.05) is 50.4 Å². The first kappa shape index (κ1) is 17.2. The Bertz CT molecular complexity index is 742. The number of amides is 2. The fraction of sp³-hybridized carbons (Fsp3) is 0.421. The summed E-state index contributed by atoms with van der Waals surface area (Å²) in [6.45, 7) is 4.57. The first-order chi connectivity index (χ1) is 12.1. The molecule has 1 N–H and O–H groups in total. The predicted octanol–water partition coefficient (Wildman–Crippen LogP) is 2.45. The fourth-order valence-corrected chi connectivity index (χ4v) is 3.30. The van der Waals surface area contributed by atoms with Crippen LogP contribution in [0.15, 0.2) is 42.7 Å². The Morgan fingerprint density at radius 1 is 1.36 bits per heavy atom. The lowest BCUT2D eigenvalue weighted by Gasteiger charge is -2.27. The molecule has 6 nitrogen and oxygen atoms in total. The predicted molar refractivity (Wildman–Crippen MR) is 95.1 cm³/mol. The molecule has 132 valence electrons. The van der Waals surface area contributed by atoms with E-state index in [0.717, 1.165) is 17.7 Å². The summed E-state index contributed by atoms with van der Waals surface area (Å²) >= 11 is 0. The molecular formula is C19H24N4O2. The molecule has 2 heterocycles. The minimum absolute atomic E-state index is 0.0790. The van der Waals surface area contributed by atoms with Crippen molar-refractivity contribution < 1.29 is 9.59 Å². The number of rotatable bonds is 6. The Hall–Kier alpha value is -2.63. The maximum atomic E-state index is 12.7. The molecule has 0 bridgehead atoms. The van der Waals surface area contributed by atoms with E-state index in [1.54, 1.807) is 15.8 Å². The molecule has 2 atom stereocenters. The molecular weight excluding hydrogens is 316 g/mol. The summed E-state index contributed by atoms with van der Waals surface area (Å²) in [6.07, 6.45) is 5.62. The Morgan fingerprint density at radius 2 is 2.20 bits per heavy atom. The zero-order valence-corrected chi connectivity index (χ0v) is 14.7. The molecule has 6 heteroatoms. The summed E-state index contributed by atoms with van der Waals surface area (Å²) in [7, 11) is 0. The smallest absolute Gasteiger partial charge is 0.243 e. The van der Waals surface area contributed by atoms with Crippen molar-refractivity contribution >= 4 is 11.8 Å². The summed E-state index contributed by atoms with van der Waals surface area (Å²) in [5.74, 6) is -0.00919. The number of carbonyl (C=O) groups is 2. The Labute approximate surface area is 147 Å². The highest BCUT2D eigenvalue weighted by Crippen LogP contribution is 2.19. The average Bonchev–Trinajstić information content (AvgIpc) is 3.28. The molecule has 1 fully saturated rings. The van der Waals surface area contributed by atoms with Crippen LogP contribution in [0, 0.1) is 0 Å². The van der Waals surface area contributed by atoms with Gasteiger partial charge in [-0.15, -0.1) is 0 Å². The normalized spacial score (nSPS) is 16.7. The second kappa shape index (κ2) is 7.51. The van der Waals surface area contributed by atoms with Crippen molar-refractivity contribution in [1.82, 2.24) is 20.0 Å². The number of hydrogen-bond acceptors (Lipinski definition) is 3. The van der Waals surface area contributed by atoms with Gasteiger partial charge in [0, 0.05) is 25.4 Å². The molecule has 0 radical (unpaired) electrons. The van der Waals surface area contributed by atoms with E-state index < -0.39 is 0 Å². The molecule has 0 unspecified atom stereocenters. The van der Waals surface area contributed by atoms with Gasteiger partial charge in [0.15, 0.2) is 0 Å². The molecule has 0 aliphatic carbocycles. The standard InChI is InChI=1S/C19H24N4O2/c1-3-17(22-11-5-9-18(22)24)19(25)21-14(2)15-7-4-8-16(13-15)23-12-6-10-20-23/h4,6-8,10,12-14,17H,3,5,9,11H2,1-2H3,(H,21,25)/t14-,17-/m0/s1. The average molecular weight is 340 g/mol. The van der Waals surface area contributed by atoms with Gasteiger partial charge in [0.05, 0.1) is 11.7 Å².